The number of terminal acetylenes is 1. The fourth-order valence-electron chi connectivity index (χ4n) is 5.81. The minimum Gasteiger partial charge on any atom is -0.369 e. The normalized spacial score (nSPS) is 13.3. The minimum atomic E-state index is -0.182. The molecule has 47 heavy (non-hydrogen) atoms. The second-order valence-electron chi connectivity index (χ2n) is 11.6. The molecule has 0 unspecified atom stereocenters. The van der Waals surface area contributed by atoms with E-state index >= 15 is 0 Å². The van der Waals surface area contributed by atoms with E-state index in [4.69, 9.17) is 23.0 Å². The molecule has 0 saturated carbocycles. The highest BCUT2D eigenvalue weighted by Crippen LogP contribution is 2.26. The number of halogens is 1. The van der Waals surface area contributed by atoms with E-state index in [1.165, 1.54) is 5.69 Å². The van der Waals surface area contributed by atoms with Crippen LogP contribution in [0.2, 0.25) is 5.02 Å². The summed E-state index contributed by atoms with van der Waals surface area (Å²) in [5.74, 6) is 3.23. The van der Waals surface area contributed by atoms with Crippen LogP contribution in [0.25, 0.3) is 10.9 Å². The number of nitrogens with zero attached hydrogens (tertiary/aromatic N) is 6. The first kappa shape index (κ1) is 31.8. The summed E-state index contributed by atoms with van der Waals surface area (Å²) in [5, 5.41) is 3.93. The number of para-hydroxylation sites is 1. The van der Waals surface area contributed by atoms with Crippen molar-refractivity contribution in [2.75, 3.05) is 42.5 Å². The highest BCUT2D eigenvalue weighted by Gasteiger charge is 2.20. The number of pyridine rings is 1. The molecule has 3 aromatic carbocycles. The molecule has 1 aliphatic rings. The number of anilines is 2. The zero-order chi connectivity index (χ0) is 32.8. The Hall–Kier alpha value is -5.17. The lowest BCUT2D eigenvalue weighted by Crippen LogP contribution is -2.46. The van der Waals surface area contributed by atoms with E-state index in [2.05, 4.69) is 50.3 Å². The standard InChI is InChI=1S/C37H36ClN7O2/c1-3-16-45(31-13-11-28(12-14-31)36(46)40-24-27-8-7-15-39-23-27)25-29-21-32-34(22-33(29)38)41-35(42(2)37(32)47)26-43-17-19-44(20-18-43)30-9-5-4-6-10-30/h1,4-15,21-23H,16-20,24-26H2,2H3,(H,40,46). The average molecular weight is 646 g/mol. The summed E-state index contributed by atoms with van der Waals surface area (Å²) in [6, 6.07) is 25.0. The number of amides is 1. The zero-order valence-electron chi connectivity index (χ0n) is 26.3. The van der Waals surface area contributed by atoms with Crippen LogP contribution in [-0.2, 0) is 26.7 Å². The van der Waals surface area contributed by atoms with E-state index in [1.807, 2.05) is 41.3 Å². The van der Waals surface area contributed by atoms with Gasteiger partial charge in [0.05, 0.1) is 24.0 Å². The maximum absolute atomic E-state index is 13.6. The van der Waals surface area contributed by atoms with Crippen molar-refractivity contribution in [2.24, 2.45) is 7.05 Å². The van der Waals surface area contributed by atoms with Crippen LogP contribution in [0, 0.1) is 12.3 Å². The number of hydrogen-bond acceptors (Lipinski definition) is 7. The van der Waals surface area contributed by atoms with E-state index in [1.54, 1.807) is 42.2 Å². The topological polar surface area (TPSA) is 86.6 Å². The van der Waals surface area contributed by atoms with E-state index in [0.29, 0.717) is 53.5 Å². The van der Waals surface area contributed by atoms with Gasteiger partial charge in [-0.2, -0.15) is 0 Å². The monoisotopic (exact) mass is 645 g/mol. The number of aromatic nitrogens is 3. The Balaban J connectivity index is 1.15. The van der Waals surface area contributed by atoms with E-state index in [0.717, 1.165) is 43.0 Å². The summed E-state index contributed by atoms with van der Waals surface area (Å²) in [6.07, 6.45) is 9.15. The van der Waals surface area contributed by atoms with Gasteiger partial charge < -0.3 is 15.1 Å². The number of nitrogens with one attached hydrogen (secondary N) is 1. The van der Waals surface area contributed by atoms with Gasteiger partial charge in [0.15, 0.2) is 0 Å². The Bertz CT molecular complexity index is 1950. The predicted molar refractivity (Wildman–Crippen MR) is 188 cm³/mol. The Morgan fingerprint density at radius 3 is 2.49 bits per heavy atom. The van der Waals surface area contributed by atoms with Gasteiger partial charge in [-0.05, 0) is 65.7 Å². The predicted octanol–water partition coefficient (Wildman–Crippen LogP) is 4.87. The Kier molecular flexibility index (Phi) is 9.81. The molecule has 10 heteroatoms. The van der Waals surface area contributed by atoms with E-state index in [9.17, 15) is 9.59 Å². The van der Waals surface area contributed by atoms with Gasteiger partial charge in [0.1, 0.15) is 5.82 Å². The first-order valence-electron chi connectivity index (χ1n) is 15.6. The number of carbonyl (C=O) groups is 1. The van der Waals surface area contributed by atoms with Crippen molar-refractivity contribution in [3.05, 3.63) is 129 Å². The first-order valence-corrected chi connectivity index (χ1v) is 15.9. The van der Waals surface area contributed by atoms with Crippen LogP contribution in [0.5, 0.6) is 0 Å². The number of fused-ring (bicyclic) bond motifs is 1. The minimum absolute atomic E-state index is 0.115. The molecule has 6 rings (SSSR count). The fraction of sp³-hybridized carbons (Fsp3) is 0.243. The number of piperazine rings is 1. The molecule has 1 amide bonds. The second kappa shape index (κ2) is 14.5. The molecule has 0 atom stereocenters. The molecule has 1 N–H and O–H groups in total. The number of carbonyl (C=O) groups excluding carboxylic acids is 1. The molecule has 1 fully saturated rings. The van der Waals surface area contributed by atoms with Crippen LogP contribution in [0.4, 0.5) is 11.4 Å². The lowest BCUT2D eigenvalue weighted by atomic mass is 10.1. The van der Waals surface area contributed by atoms with Crippen molar-refractivity contribution < 1.29 is 4.79 Å². The Labute approximate surface area is 279 Å². The van der Waals surface area contributed by atoms with Crippen molar-refractivity contribution in [1.82, 2.24) is 24.8 Å². The highest BCUT2D eigenvalue weighted by molar-refractivity contribution is 6.32. The van der Waals surface area contributed by atoms with Gasteiger partial charge in [-0.3, -0.25) is 24.0 Å². The van der Waals surface area contributed by atoms with Crippen molar-refractivity contribution >= 4 is 39.8 Å². The summed E-state index contributed by atoms with van der Waals surface area (Å²) in [5.41, 5.74) is 4.73. The lowest BCUT2D eigenvalue weighted by molar-refractivity contribution is 0.0951. The summed E-state index contributed by atoms with van der Waals surface area (Å²) in [7, 11) is 1.78. The molecule has 0 spiro atoms. The third kappa shape index (κ3) is 7.46. The molecule has 2 aromatic heterocycles. The van der Waals surface area contributed by atoms with Crippen molar-refractivity contribution in [3.8, 4) is 12.3 Å². The van der Waals surface area contributed by atoms with Gasteiger partial charge in [0.2, 0.25) is 0 Å². The largest absolute Gasteiger partial charge is 0.369 e. The molecule has 3 heterocycles. The average Bonchev–Trinajstić information content (AvgIpc) is 3.11. The highest BCUT2D eigenvalue weighted by atomic mass is 35.5. The molecule has 238 valence electrons. The van der Waals surface area contributed by atoms with E-state index < -0.39 is 0 Å². The molecule has 0 aliphatic carbocycles. The summed E-state index contributed by atoms with van der Waals surface area (Å²) >= 11 is 6.80. The van der Waals surface area contributed by atoms with Gasteiger partial charge in [-0.1, -0.05) is 41.8 Å². The van der Waals surface area contributed by atoms with Gasteiger partial charge in [0, 0.05) is 80.7 Å². The third-order valence-corrected chi connectivity index (χ3v) is 8.86. The van der Waals surface area contributed by atoms with Crippen molar-refractivity contribution in [3.63, 3.8) is 0 Å². The number of benzene rings is 3. The van der Waals surface area contributed by atoms with Crippen LogP contribution < -0.4 is 20.7 Å². The molecule has 0 radical (unpaired) electrons. The van der Waals surface area contributed by atoms with Crippen molar-refractivity contribution in [2.45, 2.75) is 19.6 Å². The molecule has 1 aliphatic heterocycles. The molecule has 9 nitrogen and oxygen atoms in total. The van der Waals surface area contributed by atoms with E-state index in [-0.39, 0.29) is 11.5 Å². The van der Waals surface area contributed by atoms with Crippen LogP contribution in [0.1, 0.15) is 27.3 Å². The number of hydrogen-bond donors (Lipinski definition) is 1. The Morgan fingerprint density at radius 2 is 1.79 bits per heavy atom. The van der Waals surface area contributed by atoms with Crippen LogP contribution in [-0.4, -0.2) is 58.1 Å². The summed E-state index contributed by atoms with van der Waals surface area (Å²) in [4.78, 5) is 41.9. The summed E-state index contributed by atoms with van der Waals surface area (Å²) in [6.45, 7) is 5.25. The molecular weight excluding hydrogens is 610 g/mol. The van der Waals surface area contributed by atoms with Gasteiger partial charge in [-0.25, -0.2) is 4.98 Å². The number of rotatable bonds is 10. The maximum atomic E-state index is 13.6. The lowest BCUT2D eigenvalue weighted by Gasteiger charge is -2.36. The van der Waals surface area contributed by atoms with Gasteiger partial charge >= 0.3 is 0 Å². The maximum Gasteiger partial charge on any atom is 0.261 e. The first-order chi connectivity index (χ1) is 22.9. The van der Waals surface area contributed by atoms with Crippen LogP contribution in [0.15, 0.2) is 96.1 Å². The van der Waals surface area contributed by atoms with Gasteiger partial charge in [0.25, 0.3) is 11.5 Å². The molecule has 5 aromatic rings. The van der Waals surface area contributed by atoms with Crippen LogP contribution in [0.3, 0.4) is 0 Å². The third-order valence-electron chi connectivity index (χ3n) is 8.51. The Morgan fingerprint density at radius 1 is 1.02 bits per heavy atom. The summed E-state index contributed by atoms with van der Waals surface area (Å²) < 4.78 is 1.64. The zero-order valence-corrected chi connectivity index (χ0v) is 27.0. The quantitative estimate of drug-likeness (QED) is 0.217. The second-order valence-corrected chi connectivity index (χ2v) is 12.0. The fourth-order valence-corrected chi connectivity index (χ4v) is 6.03. The van der Waals surface area contributed by atoms with Crippen molar-refractivity contribution in [1.29, 1.82) is 0 Å². The molecular formula is C37H36ClN7O2. The molecule has 1 saturated heterocycles. The molecule has 0 bridgehead atoms. The smallest absolute Gasteiger partial charge is 0.261 e. The van der Waals surface area contributed by atoms with Crippen LogP contribution >= 0.6 is 11.6 Å². The SMILES string of the molecule is C#CCN(Cc1cc2c(=O)n(C)c(CN3CCN(c4ccccc4)CC3)nc2cc1Cl)c1ccc(C(=O)NCc2cccnc2)cc1. The van der Waals surface area contributed by atoms with Gasteiger partial charge in [-0.15, -0.1) is 6.42 Å².